The van der Waals surface area contributed by atoms with Crippen LogP contribution >= 0.6 is 7.82 Å². The Morgan fingerprint density at radius 1 is 0.438 bits per heavy atom. The van der Waals surface area contributed by atoms with Gasteiger partial charge in [-0.25, -0.2) is 4.57 Å². The van der Waals surface area contributed by atoms with Gasteiger partial charge in [-0.2, -0.15) is 0 Å². The van der Waals surface area contributed by atoms with E-state index in [1.807, 2.05) is 21.1 Å². The third kappa shape index (κ3) is 58.8. The van der Waals surface area contributed by atoms with Gasteiger partial charge >= 0.3 is 19.8 Å². The molecule has 0 saturated carbocycles. The molecule has 0 rings (SSSR count). The number of allylic oxidation sites excluding steroid dienone is 10. The van der Waals surface area contributed by atoms with Crippen molar-refractivity contribution in [1.82, 2.24) is 0 Å². The van der Waals surface area contributed by atoms with Gasteiger partial charge in [-0.05, 0) is 57.8 Å². The second-order valence-electron chi connectivity index (χ2n) is 21.7. The fourth-order valence-electron chi connectivity index (χ4n) is 8.63. The van der Waals surface area contributed by atoms with Crippen LogP contribution in [0, 0.1) is 0 Å². The molecule has 2 unspecified atom stereocenters. The summed E-state index contributed by atoms with van der Waals surface area (Å²) in [4.78, 5) is 35.7. The number of ether oxygens (including phenoxy) is 2. The van der Waals surface area contributed by atoms with Crippen molar-refractivity contribution >= 4 is 19.8 Å². The number of phosphoric ester groups is 1. The maximum absolute atomic E-state index is 12.8. The fourth-order valence-corrected chi connectivity index (χ4v) is 9.37. The van der Waals surface area contributed by atoms with Gasteiger partial charge in [-0.1, -0.05) is 267 Å². The molecule has 0 aromatic carbocycles. The zero-order valence-corrected chi connectivity index (χ0v) is 49.3. The predicted molar refractivity (Wildman–Crippen MR) is 312 cm³/mol. The number of hydrogen-bond donors (Lipinski definition) is 1. The highest BCUT2D eigenvalue weighted by Crippen LogP contribution is 2.43. The summed E-state index contributed by atoms with van der Waals surface area (Å²) in [5.41, 5.74) is 0. The molecule has 0 bridgehead atoms. The molecule has 0 aromatic heterocycles. The van der Waals surface area contributed by atoms with Crippen molar-refractivity contribution in [3.8, 4) is 0 Å². The zero-order valence-electron chi connectivity index (χ0n) is 48.4. The van der Waals surface area contributed by atoms with Gasteiger partial charge in [0, 0.05) is 12.8 Å². The van der Waals surface area contributed by atoms with Crippen LogP contribution in [0.4, 0.5) is 0 Å². The normalized spacial score (nSPS) is 13.7. The highest BCUT2D eigenvalue weighted by atomic mass is 31.2. The van der Waals surface area contributed by atoms with Crippen molar-refractivity contribution in [3.05, 3.63) is 60.8 Å². The molecule has 2 atom stereocenters. The van der Waals surface area contributed by atoms with Crippen molar-refractivity contribution in [2.24, 2.45) is 0 Å². The van der Waals surface area contributed by atoms with Gasteiger partial charge in [0.05, 0.1) is 27.7 Å². The summed E-state index contributed by atoms with van der Waals surface area (Å²) in [6, 6.07) is 0. The molecule has 1 N–H and O–H groups in total. The highest BCUT2D eigenvalue weighted by Gasteiger charge is 2.27. The standard InChI is InChI=1S/C63H116NO8P/c1-6-8-10-12-14-16-18-20-22-24-26-28-30-32-34-36-38-40-42-44-46-48-50-52-54-56-63(66)72-61(60-71-73(67,68)70-58-57-64(3,4)5)59-69-62(65)55-53-51-49-47-45-43-41-39-37-35-33-31-29-27-25-23-21-19-17-15-13-11-9-7-2/h8,10,14,16,20,22,26,28,32,34,61H,6-7,9,11-13,15,17-19,21,23-25,27,29-31,33,35-60H2,1-5H3/p+1/b10-8-,16-14-,22-20-,28-26-,34-32-. The van der Waals surface area contributed by atoms with E-state index in [0.29, 0.717) is 23.9 Å². The van der Waals surface area contributed by atoms with E-state index in [9.17, 15) is 19.0 Å². The summed E-state index contributed by atoms with van der Waals surface area (Å²) in [5, 5.41) is 0. The number of carbonyl (C=O) groups is 2. The molecule has 0 fully saturated rings. The van der Waals surface area contributed by atoms with E-state index in [1.54, 1.807) is 0 Å². The minimum atomic E-state index is -4.39. The summed E-state index contributed by atoms with van der Waals surface area (Å²) in [6.07, 6.45) is 70.1. The first kappa shape index (κ1) is 70.7. The van der Waals surface area contributed by atoms with Crippen LogP contribution in [-0.2, 0) is 32.7 Å². The van der Waals surface area contributed by atoms with Crippen LogP contribution in [0.15, 0.2) is 60.8 Å². The summed E-state index contributed by atoms with van der Waals surface area (Å²) >= 11 is 0. The largest absolute Gasteiger partial charge is 0.472 e. The van der Waals surface area contributed by atoms with Crippen LogP contribution in [-0.4, -0.2) is 74.9 Å². The first-order valence-corrected chi connectivity index (χ1v) is 32.0. The van der Waals surface area contributed by atoms with Crippen LogP contribution in [0.5, 0.6) is 0 Å². The number of unbranched alkanes of at least 4 members (excludes halogenated alkanes) is 32. The Labute approximate surface area is 451 Å². The van der Waals surface area contributed by atoms with Crippen LogP contribution < -0.4 is 0 Å². The first-order valence-electron chi connectivity index (χ1n) is 30.5. The SMILES string of the molecule is CC/C=C\C/C=C\C/C=C\C/C=C\C/C=C\CCCCCCCCCCCC(=O)OC(COC(=O)CCCCCCCCCCCCCCCCCCCCCCCCCC)COP(=O)(O)OCC[N+](C)(C)C. The Morgan fingerprint density at radius 3 is 1.16 bits per heavy atom. The van der Waals surface area contributed by atoms with Crippen molar-refractivity contribution in [3.63, 3.8) is 0 Å². The van der Waals surface area contributed by atoms with Gasteiger partial charge < -0.3 is 18.9 Å². The third-order valence-corrected chi connectivity index (χ3v) is 14.3. The van der Waals surface area contributed by atoms with Crippen LogP contribution in [0.25, 0.3) is 0 Å². The minimum Gasteiger partial charge on any atom is -0.462 e. The van der Waals surface area contributed by atoms with Gasteiger partial charge in [-0.15, -0.1) is 0 Å². The summed E-state index contributed by atoms with van der Waals surface area (Å²) < 4.78 is 34.6. The Morgan fingerprint density at radius 2 is 0.781 bits per heavy atom. The average Bonchev–Trinajstić information content (AvgIpc) is 3.35. The molecule has 9 nitrogen and oxygen atoms in total. The predicted octanol–water partition coefficient (Wildman–Crippen LogP) is 19.1. The second kappa shape index (κ2) is 54.5. The first-order chi connectivity index (χ1) is 35.5. The van der Waals surface area contributed by atoms with E-state index in [0.717, 1.165) is 77.0 Å². The van der Waals surface area contributed by atoms with Crippen LogP contribution in [0.2, 0.25) is 0 Å². The minimum absolute atomic E-state index is 0.0299. The molecule has 0 aromatic rings. The van der Waals surface area contributed by atoms with E-state index >= 15 is 0 Å². The summed E-state index contributed by atoms with van der Waals surface area (Å²) in [7, 11) is 1.48. The zero-order chi connectivity index (χ0) is 53.5. The molecule has 0 saturated heterocycles. The molecule has 0 heterocycles. The van der Waals surface area contributed by atoms with Gasteiger partial charge in [0.2, 0.25) is 0 Å². The lowest BCUT2D eigenvalue weighted by atomic mass is 10.0. The monoisotopic (exact) mass is 1050 g/mol. The molecule has 10 heteroatoms. The van der Waals surface area contributed by atoms with Gasteiger partial charge in [0.15, 0.2) is 6.10 Å². The van der Waals surface area contributed by atoms with Crippen molar-refractivity contribution in [2.45, 2.75) is 283 Å². The summed E-state index contributed by atoms with van der Waals surface area (Å²) in [5.74, 6) is -0.794. The smallest absolute Gasteiger partial charge is 0.462 e. The molecule has 0 amide bonds. The number of phosphoric acid groups is 1. The van der Waals surface area contributed by atoms with Crippen molar-refractivity contribution in [2.75, 3.05) is 47.5 Å². The van der Waals surface area contributed by atoms with Crippen LogP contribution in [0.3, 0.4) is 0 Å². The molecule has 0 radical (unpaired) electrons. The topological polar surface area (TPSA) is 108 Å². The maximum Gasteiger partial charge on any atom is 0.472 e. The lowest BCUT2D eigenvalue weighted by Crippen LogP contribution is -2.37. The lowest BCUT2D eigenvalue weighted by Gasteiger charge is -2.24. The van der Waals surface area contributed by atoms with E-state index in [2.05, 4.69) is 74.6 Å². The molecule has 0 aliphatic heterocycles. The molecular formula is C63H117NO8P+. The number of esters is 2. The summed E-state index contributed by atoms with van der Waals surface area (Å²) in [6.45, 7) is 4.35. The Bertz CT molecular complexity index is 1420. The highest BCUT2D eigenvalue weighted by molar-refractivity contribution is 7.47. The molecule has 0 aliphatic rings. The van der Waals surface area contributed by atoms with E-state index in [1.165, 1.54) is 167 Å². The Kier molecular flexibility index (Phi) is 52.8. The molecule has 0 spiro atoms. The number of likely N-dealkylation sites (N-methyl/N-ethyl adjacent to an activating group) is 1. The number of hydrogen-bond acceptors (Lipinski definition) is 7. The van der Waals surface area contributed by atoms with Crippen molar-refractivity contribution < 1.29 is 42.1 Å². The molecular weight excluding hydrogens is 930 g/mol. The average molecular weight is 1050 g/mol. The molecule has 0 aliphatic carbocycles. The van der Waals surface area contributed by atoms with Crippen LogP contribution in [0.1, 0.15) is 277 Å². The Balaban J connectivity index is 4.14. The van der Waals surface area contributed by atoms with E-state index in [4.69, 9.17) is 18.5 Å². The van der Waals surface area contributed by atoms with Gasteiger partial charge in [-0.3, -0.25) is 18.6 Å². The second-order valence-corrected chi connectivity index (χ2v) is 23.2. The number of rotatable bonds is 56. The fraction of sp³-hybridized carbons (Fsp3) is 0.810. The lowest BCUT2D eigenvalue weighted by molar-refractivity contribution is -0.870. The number of carbonyl (C=O) groups excluding carboxylic acids is 2. The molecule has 73 heavy (non-hydrogen) atoms. The van der Waals surface area contributed by atoms with Gasteiger partial charge in [0.1, 0.15) is 19.8 Å². The molecule has 426 valence electrons. The maximum atomic E-state index is 12.8. The Hall–Kier alpha value is -2.29. The quantitative estimate of drug-likeness (QED) is 0.0211. The van der Waals surface area contributed by atoms with Crippen molar-refractivity contribution in [1.29, 1.82) is 0 Å². The van der Waals surface area contributed by atoms with Gasteiger partial charge in [0.25, 0.3) is 0 Å². The number of nitrogens with zero attached hydrogens (tertiary/aromatic N) is 1. The van der Waals surface area contributed by atoms with E-state index in [-0.39, 0.29) is 25.6 Å². The third-order valence-electron chi connectivity index (χ3n) is 13.3. The number of quaternary nitrogens is 1. The van der Waals surface area contributed by atoms with E-state index < -0.39 is 26.5 Å².